The monoisotopic (exact) mass is 525 g/mol. The first kappa shape index (κ1) is 29.5. The van der Waals surface area contributed by atoms with E-state index in [1.807, 2.05) is 6.07 Å². The molecule has 2 heterocycles. The fraction of sp³-hybridized carbons (Fsp3) is 0.300. The number of benzene rings is 2. The quantitative estimate of drug-likeness (QED) is 0.269. The van der Waals surface area contributed by atoms with Crippen LogP contribution in [-0.4, -0.2) is 104 Å². The van der Waals surface area contributed by atoms with Crippen LogP contribution in [0.15, 0.2) is 42.7 Å². The van der Waals surface area contributed by atoms with Gasteiger partial charge in [0.15, 0.2) is 11.6 Å². The molecule has 0 radical (unpaired) electrons. The van der Waals surface area contributed by atoms with E-state index in [0.29, 0.717) is 11.4 Å². The number of rotatable bonds is 5. The number of nitrogens with zero attached hydrogens (tertiary/aromatic N) is 4. The number of hydrogen-bond donors (Lipinski definition) is 1. The molecule has 192 valence electrons. The zero-order valence-electron chi connectivity index (χ0n) is 24.4. The second-order valence-electron chi connectivity index (χ2n) is 13.2. The molecule has 0 unspecified atom stereocenters. The largest absolute Gasteiger partial charge is 0.394 e. The number of aromatic nitrogens is 3. The average molecular weight is 524 g/mol. The highest BCUT2D eigenvalue weighted by atomic mass is 19.3. The molecule has 0 saturated carbocycles. The molecule has 5 nitrogen and oxygen atoms in total. The topological polar surface area (TPSA) is 46.0 Å². The van der Waals surface area contributed by atoms with Crippen molar-refractivity contribution in [2.45, 2.75) is 32.7 Å². The molecule has 1 fully saturated rings. The minimum absolute atomic E-state index is 0.0957. The maximum Gasteiger partial charge on any atom is 0.263 e. The molecule has 1 aliphatic rings. The van der Waals surface area contributed by atoms with Crippen LogP contribution < -0.4 is 10.2 Å². The summed E-state index contributed by atoms with van der Waals surface area (Å²) in [6.45, 7) is 0. The van der Waals surface area contributed by atoms with Gasteiger partial charge in [-0.15, -0.1) is 5.10 Å². The number of piperidine rings is 1. The molecular weight excluding hydrogens is 494 g/mol. The Hall–Kier alpha value is -2.45. The highest BCUT2D eigenvalue weighted by Crippen LogP contribution is 2.69. The Morgan fingerprint density at radius 1 is 0.718 bits per heavy atom. The van der Waals surface area contributed by atoms with Crippen LogP contribution in [0.3, 0.4) is 0 Å². The minimum Gasteiger partial charge on any atom is -0.394 e. The lowest BCUT2D eigenvalue weighted by Gasteiger charge is -2.77. The van der Waals surface area contributed by atoms with Gasteiger partial charge in [-0.2, -0.15) is 4.98 Å². The average Bonchev–Trinajstić information content (AvgIpc) is 3.27. The maximum atomic E-state index is 14.2. The Kier molecular flexibility index (Phi) is 7.04. The standard InChI is InChI=1S/C20H29B10F4N5/c21-16(22)17(23,24)19(27,28)39(20(29,30)18(16,25)26)11-4-8(14(33)34)3-9(5-11)36-15-35-7-38(37-15)10-1-2-12(31)13(32)6-10/h1-7,14H,21-30H2,(H,36,37). The van der Waals surface area contributed by atoms with Gasteiger partial charge < -0.3 is 10.2 Å². The van der Waals surface area contributed by atoms with Crippen molar-refractivity contribution in [1.82, 2.24) is 14.8 Å². The van der Waals surface area contributed by atoms with Gasteiger partial charge in [-0.05, 0) is 41.0 Å². The maximum absolute atomic E-state index is 14.2. The summed E-state index contributed by atoms with van der Waals surface area (Å²) in [5.74, 6) is -1.84. The van der Waals surface area contributed by atoms with Crippen LogP contribution in [-0.2, 0) is 0 Å². The molecule has 39 heavy (non-hydrogen) atoms. The van der Waals surface area contributed by atoms with Crippen LogP contribution in [0.1, 0.15) is 12.0 Å². The first-order chi connectivity index (χ1) is 17.8. The molecule has 0 bridgehead atoms. The van der Waals surface area contributed by atoms with E-state index in [1.165, 1.54) is 23.1 Å². The zero-order chi connectivity index (χ0) is 29.3. The summed E-state index contributed by atoms with van der Waals surface area (Å²) in [4.78, 5) is 6.49. The van der Waals surface area contributed by atoms with Gasteiger partial charge in [0.05, 0.1) is 52.8 Å². The van der Waals surface area contributed by atoms with Crippen LogP contribution in [0, 0.1) is 11.6 Å². The third kappa shape index (κ3) is 4.38. The van der Waals surface area contributed by atoms with Crippen molar-refractivity contribution in [3.05, 3.63) is 59.9 Å². The number of hydrogen-bond acceptors (Lipinski definition) is 4. The highest BCUT2D eigenvalue weighted by molar-refractivity contribution is 6.71. The molecule has 1 aromatic heterocycles. The van der Waals surface area contributed by atoms with Crippen molar-refractivity contribution in [2.24, 2.45) is 0 Å². The predicted octanol–water partition coefficient (Wildman–Crippen LogP) is -4.97. The molecule has 3 aromatic rings. The summed E-state index contributed by atoms with van der Waals surface area (Å²) < 4.78 is 56.7. The third-order valence-electron chi connectivity index (χ3n) is 10.7. The molecule has 2 aromatic carbocycles. The van der Waals surface area contributed by atoms with E-state index in [1.54, 1.807) is 6.07 Å². The van der Waals surface area contributed by atoms with E-state index >= 15 is 0 Å². The van der Waals surface area contributed by atoms with Gasteiger partial charge in [-0.25, -0.2) is 22.2 Å². The molecule has 19 heteroatoms. The van der Waals surface area contributed by atoms with E-state index in [9.17, 15) is 17.6 Å². The SMILES string of the molecule is BC1(B)N(c2cc(Nc3ncn(-c4ccc(F)c(F)c4)n3)cc(C(F)F)c2)C(B)(B)C(B)(B)C(B)(B)C1(B)B. The lowest BCUT2D eigenvalue weighted by atomic mass is 9.05. The van der Waals surface area contributed by atoms with Gasteiger partial charge in [0.25, 0.3) is 6.43 Å². The van der Waals surface area contributed by atoms with Crippen molar-refractivity contribution in [1.29, 1.82) is 0 Å². The van der Waals surface area contributed by atoms with E-state index in [4.69, 9.17) is 0 Å². The van der Waals surface area contributed by atoms with Crippen molar-refractivity contribution < 1.29 is 17.6 Å². The van der Waals surface area contributed by atoms with Crippen LogP contribution in [0.2, 0.25) is 15.6 Å². The normalized spacial score (nSPS) is 20.5. The summed E-state index contributed by atoms with van der Waals surface area (Å²) in [7, 11) is 22.3. The second kappa shape index (κ2) is 9.30. The van der Waals surface area contributed by atoms with E-state index in [0.717, 1.165) is 12.1 Å². The van der Waals surface area contributed by atoms with Gasteiger partial charge in [0, 0.05) is 23.0 Å². The van der Waals surface area contributed by atoms with Crippen molar-refractivity contribution in [3.8, 4) is 5.69 Å². The molecule has 0 aliphatic carbocycles. The Labute approximate surface area is 236 Å². The van der Waals surface area contributed by atoms with Crippen LogP contribution in [0.25, 0.3) is 5.69 Å². The van der Waals surface area contributed by atoms with E-state index in [-0.39, 0.29) is 32.8 Å². The predicted molar refractivity (Wildman–Crippen MR) is 177 cm³/mol. The van der Waals surface area contributed by atoms with Crippen LogP contribution in [0.5, 0.6) is 0 Å². The first-order valence-corrected chi connectivity index (χ1v) is 13.1. The molecule has 4 rings (SSSR count). The summed E-state index contributed by atoms with van der Waals surface area (Å²) in [5, 5.41) is 5.98. The van der Waals surface area contributed by atoms with Crippen molar-refractivity contribution >= 4 is 95.8 Å². The van der Waals surface area contributed by atoms with Crippen LogP contribution in [0.4, 0.5) is 34.9 Å². The smallest absolute Gasteiger partial charge is 0.263 e. The van der Waals surface area contributed by atoms with Gasteiger partial charge in [-0.3, -0.25) is 0 Å². The van der Waals surface area contributed by atoms with Gasteiger partial charge >= 0.3 is 0 Å². The van der Waals surface area contributed by atoms with Crippen molar-refractivity contribution in [3.63, 3.8) is 0 Å². The molecule has 0 spiro atoms. The van der Waals surface area contributed by atoms with Gasteiger partial charge in [0.2, 0.25) is 5.95 Å². The molecule has 0 amide bonds. The summed E-state index contributed by atoms with van der Waals surface area (Å²) in [6.07, 6.45) is -1.34. The summed E-state index contributed by atoms with van der Waals surface area (Å²) in [6, 6.07) is 8.18. The Bertz CT molecular complexity index is 1390. The Morgan fingerprint density at radius 2 is 1.31 bits per heavy atom. The number of nitrogens with one attached hydrogen (secondary N) is 1. The third-order valence-corrected chi connectivity index (χ3v) is 10.7. The molecule has 1 N–H and O–H groups in total. The van der Waals surface area contributed by atoms with Gasteiger partial charge in [-0.1, -0.05) is 15.6 Å². The fourth-order valence-electron chi connectivity index (χ4n) is 6.38. The highest BCUT2D eigenvalue weighted by Gasteiger charge is 2.65. The number of alkyl halides is 2. The lowest BCUT2D eigenvalue weighted by molar-refractivity contribution is 0.151. The van der Waals surface area contributed by atoms with Gasteiger partial charge in [0.1, 0.15) is 37.7 Å². The zero-order valence-corrected chi connectivity index (χ0v) is 24.4. The lowest BCUT2D eigenvalue weighted by Crippen LogP contribution is -2.81. The number of halogens is 4. The van der Waals surface area contributed by atoms with Crippen molar-refractivity contribution in [2.75, 3.05) is 10.2 Å². The Morgan fingerprint density at radius 3 is 1.85 bits per heavy atom. The Balaban J connectivity index is 1.80. The fourth-order valence-corrected chi connectivity index (χ4v) is 6.38. The minimum atomic E-state index is -2.69. The summed E-state index contributed by atoms with van der Waals surface area (Å²) in [5.41, 5.74) is 1.22. The number of anilines is 3. The molecular formula is C20H29B10F4N5. The molecule has 1 saturated heterocycles. The molecule has 0 atom stereocenters. The second-order valence-corrected chi connectivity index (χ2v) is 13.2. The van der Waals surface area contributed by atoms with E-state index < -0.39 is 28.7 Å². The first-order valence-electron chi connectivity index (χ1n) is 13.1. The van der Waals surface area contributed by atoms with Crippen LogP contribution >= 0.6 is 0 Å². The molecule has 1 aliphatic heterocycles. The summed E-state index contributed by atoms with van der Waals surface area (Å²) >= 11 is 0. The van der Waals surface area contributed by atoms with E-state index in [2.05, 4.69) is 98.8 Å².